The monoisotopic (exact) mass is 423 g/mol. The number of nitrogens with two attached hydrogens (primary N) is 2. The van der Waals surface area contributed by atoms with Crippen molar-refractivity contribution in [2.24, 2.45) is 11.6 Å². The van der Waals surface area contributed by atoms with Crippen LogP contribution in [0.2, 0.25) is 0 Å². The Kier molecular flexibility index (Phi) is 5.79. The highest BCUT2D eigenvalue weighted by Crippen LogP contribution is 2.39. The fourth-order valence-corrected chi connectivity index (χ4v) is 5.18. The first-order valence-corrected chi connectivity index (χ1v) is 10.9. The SMILES string of the molecule is C=C(N)c1nc(C2CC=C(S(=N)(=N)NC3CC(F)(F)C3)C=C(C)C2)ccc1NN. The zero-order valence-electron chi connectivity index (χ0n) is 16.3. The maximum Gasteiger partial charge on any atom is 0.251 e. The molecule has 2 aliphatic carbocycles. The van der Waals surface area contributed by atoms with Crippen molar-refractivity contribution >= 4 is 21.2 Å². The summed E-state index contributed by atoms with van der Waals surface area (Å²) in [6.07, 6.45) is 4.35. The second kappa shape index (κ2) is 7.85. The summed E-state index contributed by atoms with van der Waals surface area (Å²) < 4.78 is 45.9. The van der Waals surface area contributed by atoms with Crippen LogP contribution in [0.4, 0.5) is 14.5 Å². The van der Waals surface area contributed by atoms with E-state index >= 15 is 0 Å². The summed E-state index contributed by atoms with van der Waals surface area (Å²) in [7, 11) is -2.87. The molecule has 1 aromatic rings. The molecule has 1 unspecified atom stereocenters. The number of pyridine rings is 1. The van der Waals surface area contributed by atoms with E-state index in [1.165, 1.54) is 0 Å². The van der Waals surface area contributed by atoms with E-state index < -0.39 is 21.8 Å². The Hall–Kier alpha value is -2.30. The van der Waals surface area contributed by atoms with Gasteiger partial charge in [-0.05, 0) is 38.0 Å². The number of nitrogens with zero attached hydrogens (tertiary/aromatic N) is 1. The Morgan fingerprint density at radius 1 is 1.34 bits per heavy atom. The van der Waals surface area contributed by atoms with Gasteiger partial charge in [0.05, 0.1) is 11.4 Å². The van der Waals surface area contributed by atoms with E-state index in [1.807, 2.05) is 25.1 Å². The number of nitrogens with one attached hydrogen (secondary N) is 4. The van der Waals surface area contributed by atoms with E-state index in [0.717, 1.165) is 11.3 Å². The summed E-state index contributed by atoms with van der Waals surface area (Å²) >= 11 is 0. The number of nitrogen functional groups attached to an aromatic ring is 1. The van der Waals surface area contributed by atoms with Crippen molar-refractivity contribution in [3.8, 4) is 0 Å². The minimum atomic E-state index is -2.87. The van der Waals surface area contributed by atoms with Crippen molar-refractivity contribution in [1.82, 2.24) is 9.71 Å². The van der Waals surface area contributed by atoms with E-state index in [2.05, 4.69) is 21.7 Å². The lowest BCUT2D eigenvalue weighted by Crippen LogP contribution is -2.50. The summed E-state index contributed by atoms with van der Waals surface area (Å²) in [5, 5.41) is 0. The van der Waals surface area contributed by atoms with E-state index in [9.17, 15) is 8.78 Å². The second-order valence-corrected chi connectivity index (χ2v) is 9.66. The molecule has 1 saturated carbocycles. The first-order valence-electron chi connectivity index (χ1n) is 9.28. The van der Waals surface area contributed by atoms with Crippen LogP contribution in [-0.2, 0) is 9.81 Å². The van der Waals surface area contributed by atoms with Gasteiger partial charge in [0, 0.05) is 45.2 Å². The Labute approximate surface area is 169 Å². The molecule has 10 heteroatoms. The highest BCUT2D eigenvalue weighted by atomic mass is 32.2. The molecule has 1 heterocycles. The number of allylic oxidation sites excluding steroid dienone is 3. The summed E-state index contributed by atoms with van der Waals surface area (Å²) in [6, 6.07) is 3.18. The Morgan fingerprint density at radius 2 is 2.03 bits per heavy atom. The predicted octanol–water partition coefficient (Wildman–Crippen LogP) is 3.99. The predicted molar refractivity (Wildman–Crippen MR) is 113 cm³/mol. The molecule has 158 valence electrons. The molecule has 0 spiro atoms. The van der Waals surface area contributed by atoms with E-state index in [4.69, 9.17) is 21.1 Å². The second-order valence-electron chi connectivity index (χ2n) is 7.73. The van der Waals surface area contributed by atoms with Crippen LogP contribution in [0.25, 0.3) is 5.70 Å². The average Bonchev–Trinajstić information content (AvgIpc) is 2.81. The lowest BCUT2D eigenvalue weighted by atomic mass is 9.89. The van der Waals surface area contributed by atoms with E-state index in [1.54, 1.807) is 6.07 Å². The molecule has 0 aromatic carbocycles. The molecule has 1 atom stereocenters. The number of hydrogen-bond acceptors (Lipinski definition) is 6. The molecule has 8 N–H and O–H groups in total. The van der Waals surface area contributed by atoms with Crippen molar-refractivity contribution in [1.29, 1.82) is 9.56 Å². The maximum absolute atomic E-state index is 13.1. The molecule has 29 heavy (non-hydrogen) atoms. The topological polar surface area (TPSA) is 137 Å². The molecule has 2 aliphatic rings. The number of aromatic nitrogens is 1. The fourth-order valence-electron chi connectivity index (χ4n) is 3.66. The molecule has 0 saturated heterocycles. The van der Waals surface area contributed by atoms with E-state index in [-0.39, 0.29) is 18.8 Å². The number of hydrazine groups is 1. The van der Waals surface area contributed by atoms with Gasteiger partial charge in [0.1, 0.15) is 5.69 Å². The van der Waals surface area contributed by atoms with Gasteiger partial charge in [0.25, 0.3) is 5.92 Å². The third-order valence-corrected chi connectivity index (χ3v) is 6.82. The first kappa shape index (κ1) is 21.4. The van der Waals surface area contributed by atoms with Crippen molar-refractivity contribution in [3.05, 3.63) is 52.7 Å². The highest BCUT2D eigenvalue weighted by molar-refractivity contribution is 7.95. The first-order chi connectivity index (χ1) is 13.5. The molecule has 7 nitrogen and oxygen atoms in total. The van der Waals surface area contributed by atoms with Crippen LogP contribution in [0, 0.1) is 9.56 Å². The average molecular weight is 424 g/mol. The standard InChI is InChI=1S/C19H27F2N7S/c1-11-7-13(16-5-6-17(27-23)18(26-16)12(2)22)3-4-15(8-11)29(24,25)28-14-9-19(20,21)10-14/h4-6,8,13-14,27H,2-3,7,9-10,22-23H2,1H3,(H3,24,25,28). The summed E-state index contributed by atoms with van der Waals surface area (Å²) in [4.78, 5) is 5.15. The molecular formula is C19H27F2N7S. The lowest BCUT2D eigenvalue weighted by molar-refractivity contribution is -0.0874. The van der Waals surface area contributed by atoms with Crippen LogP contribution in [0.1, 0.15) is 49.9 Å². The van der Waals surface area contributed by atoms with Crippen LogP contribution >= 0.6 is 0 Å². The lowest BCUT2D eigenvalue weighted by Gasteiger charge is -2.36. The summed E-state index contributed by atoms with van der Waals surface area (Å²) in [6.45, 7) is 5.68. The highest BCUT2D eigenvalue weighted by Gasteiger charge is 2.46. The normalized spacial score (nSPS) is 22.1. The van der Waals surface area contributed by atoms with Gasteiger partial charge in [-0.2, -0.15) is 0 Å². The Morgan fingerprint density at radius 3 is 2.62 bits per heavy atom. The molecule has 0 bridgehead atoms. The number of hydrogen-bond donors (Lipinski definition) is 6. The van der Waals surface area contributed by atoms with Gasteiger partial charge in [-0.25, -0.2) is 18.5 Å². The Balaban J connectivity index is 1.81. The van der Waals surface area contributed by atoms with Crippen molar-refractivity contribution in [2.75, 3.05) is 5.43 Å². The van der Waals surface area contributed by atoms with Gasteiger partial charge >= 0.3 is 0 Å². The van der Waals surface area contributed by atoms with Gasteiger partial charge in [0.2, 0.25) is 0 Å². The van der Waals surface area contributed by atoms with E-state index in [0.29, 0.717) is 34.8 Å². The van der Waals surface area contributed by atoms with Crippen LogP contribution < -0.4 is 21.7 Å². The number of anilines is 1. The maximum atomic E-state index is 13.1. The van der Waals surface area contributed by atoms with Gasteiger partial charge in [0.15, 0.2) is 0 Å². The third-order valence-electron chi connectivity index (χ3n) is 5.14. The van der Waals surface area contributed by atoms with Crippen LogP contribution in [0.15, 0.2) is 41.3 Å². The molecule has 0 aliphatic heterocycles. The molecule has 1 aromatic heterocycles. The zero-order chi connectivity index (χ0) is 21.4. The van der Waals surface area contributed by atoms with Crippen molar-refractivity contribution in [2.45, 2.75) is 50.5 Å². The molecule has 3 rings (SSSR count). The minimum absolute atomic E-state index is 0.0388. The van der Waals surface area contributed by atoms with Gasteiger partial charge in [-0.15, -0.1) is 0 Å². The number of alkyl halides is 2. The summed E-state index contributed by atoms with van der Waals surface area (Å²) in [5.41, 5.74) is 11.6. The fraction of sp³-hybridized carbons (Fsp3) is 0.421. The number of halogens is 2. The minimum Gasteiger partial charge on any atom is -0.397 e. The van der Waals surface area contributed by atoms with Crippen molar-refractivity contribution in [3.63, 3.8) is 0 Å². The number of rotatable bonds is 6. The van der Waals surface area contributed by atoms with Gasteiger partial charge in [-0.3, -0.25) is 15.4 Å². The zero-order valence-corrected chi connectivity index (χ0v) is 17.1. The van der Waals surface area contributed by atoms with Crippen molar-refractivity contribution < 1.29 is 8.78 Å². The van der Waals surface area contributed by atoms with Crippen LogP contribution in [0.3, 0.4) is 0 Å². The largest absolute Gasteiger partial charge is 0.397 e. The Bertz CT molecular complexity index is 974. The third kappa shape index (κ3) is 4.82. The quantitative estimate of drug-likeness (QED) is 0.304. The molecule has 1 fully saturated rings. The van der Waals surface area contributed by atoms with Gasteiger partial charge in [-0.1, -0.05) is 18.2 Å². The van der Waals surface area contributed by atoms with Crippen LogP contribution in [0.5, 0.6) is 0 Å². The summed E-state index contributed by atoms with van der Waals surface area (Å²) in [5.74, 6) is 2.87. The van der Waals surface area contributed by atoms with Crippen LogP contribution in [-0.4, -0.2) is 16.9 Å². The van der Waals surface area contributed by atoms with Gasteiger partial charge < -0.3 is 11.2 Å². The molecule has 0 amide bonds. The molecule has 0 radical (unpaired) electrons. The molecular weight excluding hydrogens is 396 g/mol. The smallest absolute Gasteiger partial charge is 0.251 e.